The van der Waals surface area contributed by atoms with Gasteiger partial charge in [-0.3, -0.25) is 14.4 Å². The monoisotopic (exact) mass is 283 g/mol. The van der Waals surface area contributed by atoms with Crippen LogP contribution >= 0.6 is 0 Å². The molecule has 2 atom stereocenters. The van der Waals surface area contributed by atoms with E-state index in [2.05, 4.69) is 9.47 Å². The Kier molecular flexibility index (Phi) is 4.62. The third-order valence-corrected chi connectivity index (χ3v) is 4.35. The SMILES string of the molecule is COC(=O)CN(CC(=O)OC)C(=O)C1C2CCCCC21. The Morgan fingerprint density at radius 3 is 1.80 bits per heavy atom. The Labute approximate surface area is 118 Å². The molecule has 0 N–H and O–H groups in total. The van der Waals surface area contributed by atoms with Gasteiger partial charge in [0.05, 0.1) is 14.2 Å². The second-order valence-corrected chi connectivity index (χ2v) is 5.48. The second kappa shape index (κ2) is 6.24. The maximum absolute atomic E-state index is 12.5. The summed E-state index contributed by atoms with van der Waals surface area (Å²) < 4.78 is 9.16. The number of methoxy groups -OCH3 is 2. The lowest BCUT2D eigenvalue weighted by atomic mass is 10.0. The third-order valence-electron chi connectivity index (χ3n) is 4.35. The predicted octanol–water partition coefficient (Wildman–Crippen LogP) is 0.597. The zero-order valence-corrected chi connectivity index (χ0v) is 12.0. The molecular weight excluding hydrogens is 262 g/mol. The highest BCUT2D eigenvalue weighted by molar-refractivity contribution is 5.89. The van der Waals surface area contributed by atoms with Gasteiger partial charge in [-0.05, 0) is 24.7 Å². The van der Waals surface area contributed by atoms with Crippen LogP contribution in [0, 0.1) is 17.8 Å². The number of ether oxygens (including phenoxy) is 2. The zero-order chi connectivity index (χ0) is 14.7. The highest BCUT2D eigenvalue weighted by Crippen LogP contribution is 2.56. The molecule has 1 amide bonds. The lowest BCUT2D eigenvalue weighted by Crippen LogP contribution is -2.41. The van der Waals surface area contributed by atoms with Gasteiger partial charge < -0.3 is 14.4 Å². The van der Waals surface area contributed by atoms with Gasteiger partial charge in [0.15, 0.2) is 0 Å². The van der Waals surface area contributed by atoms with Gasteiger partial charge in [0, 0.05) is 5.92 Å². The smallest absolute Gasteiger partial charge is 0.325 e. The van der Waals surface area contributed by atoms with Crippen LogP contribution in [0.1, 0.15) is 25.7 Å². The first-order valence-electron chi connectivity index (χ1n) is 7.01. The molecule has 2 rings (SSSR count). The van der Waals surface area contributed by atoms with Crippen molar-refractivity contribution >= 4 is 17.8 Å². The number of carbonyl (C=O) groups excluding carboxylic acids is 3. The van der Waals surface area contributed by atoms with Crippen LogP contribution in [0.15, 0.2) is 0 Å². The van der Waals surface area contributed by atoms with Gasteiger partial charge in [0.25, 0.3) is 0 Å². The summed E-state index contributed by atoms with van der Waals surface area (Å²) in [4.78, 5) is 36.5. The molecule has 2 aliphatic rings. The van der Waals surface area contributed by atoms with E-state index in [1.807, 2.05) is 0 Å². The average molecular weight is 283 g/mol. The summed E-state index contributed by atoms with van der Waals surface area (Å²) in [5.41, 5.74) is 0. The molecule has 0 aromatic carbocycles. The second-order valence-electron chi connectivity index (χ2n) is 5.48. The van der Waals surface area contributed by atoms with E-state index in [0.717, 1.165) is 12.8 Å². The molecular formula is C14H21NO5. The van der Waals surface area contributed by atoms with Crippen molar-refractivity contribution in [3.63, 3.8) is 0 Å². The van der Waals surface area contributed by atoms with Crippen molar-refractivity contribution in [1.82, 2.24) is 4.90 Å². The van der Waals surface area contributed by atoms with E-state index in [4.69, 9.17) is 0 Å². The summed E-state index contributed by atoms with van der Waals surface area (Å²) in [6.07, 6.45) is 4.48. The molecule has 2 fully saturated rings. The first-order valence-corrected chi connectivity index (χ1v) is 7.01. The van der Waals surface area contributed by atoms with Crippen LogP contribution in [0.25, 0.3) is 0 Å². The molecule has 20 heavy (non-hydrogen) atoms. The normalized spacial score (nSPS) is 27.2. The molecule has 2 aliphatic carbocycles. The number of hydrogen-bond donors (Lipinski definition) is 0. The third kappa shape index (κ3) is 3.11. The van der Waals surface area contributed by atoms with Gasteiger partial charge in [0.2, 0.25) is 5.91 Å². The largest absolute Gasteiger partial charge is 0.468 e. The van der Waals surface area contributed by atoms with Gasteiger partial charge in [-0.2, -0.15) is 0 Å². The minimum absolute atomic E-state index is 0.0215. The molecule has 112 valence electrons. The lowest BCUT2D eigenvalue weighted by molar-refractivity contribution is -0.152. The summed E-state index contributed by atoms with van der Waals surface area (Å²) in [5, 5.41) is 0. The molecule has 2 unspecified atom stereocenters. The molecule has 0 heterocycles. The van der Waals surface area contributed by atoms with Crippen molar-refractivity contribution in [2.75, 3.05) is 27.3 Å². The maximum Gasteiger partial charge on any atom is 0.325 e. The Morgan fingerprint density at radius 2 is 1.40 bits per heavy atom. The molecule has 0 aromatic rings. The van der Waals surface area contributed by atoms with E-state index in [9.17, 15) is 14.4 Å². The van der Waals surface area contributed by atoms with Crippen molar-refractivity contribution in [1.29, 1.82) is 0 Å². The molecule has 0 radical (unpaired) electrons. The van der Waals surface area contributed by atoms with Gasteiger partial charge in [0.1, 0.15) is 13.1 Å². The van der Waals surface area contributed by atoms with Crippen LogP contribution in [0.3, 0.4) is 0 Å². The Morgan fingerprint density at radius 1 is 0.950 bits per heavy atom. The molecule has 6 heteroatoms. The molecule has 0 bridgehead atoms. The van der Waals surface area contributed by atoms with E-state index in [1.165, 1.54) is 32.0 Å². The van der Waals surface area contributed by atoms with E-state index < -0.39 is 11.9 Å². The van der Waals surface area contributed by atoms with Crippen LogP contribution < -0.4 is 0 Å². The minimum Gasteiger partial charge on any atom is -0.468 e. The van der Waals surface area contributed by atoms with Gasteiger partial charge in [-0.1, -0.05) is 12.8 Å². The Balaban J connectivity index is 1.99. The predicted molar refractivity (Wildman–Crippen MR) is 69.6 cm³/mol. The van der Waals surface area contributed by atoms with Crippen molar-refractivity contribution in [2.24, 2.45) is 17.8 Å². The highest BCUT2D eigenvalue weighted by Gasteiger charge is 2.56. The van der Waals surface area contributed by atoms with Crippen LogP contribution in [-0.2, 0) is 23.9 Å². The minimum atomic E-state index is -0.522. The fourth-order valence-corrected chi connectivity index (χ4v) is 3.22. The number of hydrogen-bond acceptors (Lipinski definition) is 5. The molecule has 0 aliphatic heterocycles. The number of rotatable bonds is 5. The average Bonchev–Trinajstić information content (AvgIpc) is 3.19. The number of amides is 1. The van der Waals surface area contributed by atoms with E-state index in [0.29, 0.717) is 11.8 Å². The van der Waals surface area contributed by atoms with Crippen LogP contribution in [0.4, 0.5) is 0 Å². The maximum atomic E-state index is 12.5. The summed E-state index contributed by atoms with van der Waals surface area (Å²) in [6.45, 7) is -0.388. The molecule has 0 saturated heterocycles. The summed E-state index contributed by atoms with van der Waals surface area (Å²) in [7, 11) is 2.53. The molecule has 6 nitrogen and oxygen atoms in total. The van der Waals surface area contributed by atoms with E-state index >= 15 is 0 Å². The fourth-order valence-electron chi connectivity index (χ4n) is 3.22. The zero-order valence-electron chi connectivity index (χ0n) is 12.0. The van der Waals surface area contributed by atoms with Crippen molar-refractivity contribution < 1.29 is 23.9 Å². The summed E-state index contributed by atoms with van der Waals surface area (Å²) in [6, 6.07) is 0. The number of esters is 2. The van der Waals surface area contributed by atoms with Crippen molar-refractivity contribution in [3.05, 3.63) is 0 Å². The summed E-state index contributed by atoms with van der Waals surface area (Å²) in [5.74, 6) is -0.302. The topological polar surface area (TPSA) is 72.9 Å². The number of carbonyl (C=O) groups is 3. The van der Waals surface area contributed by atoms with Gasteiger partial charge >= 0.3 is 11.9 Å². The molecule has 0 spiro atoms. The first kappa shape index (κ1) is 14.8. The van der Waals surface area contributed by atoms with Crippen LogP contribution in [0.2, 0.25) is 0 Å². The Hall–Kier alpha value is -1.59. The van der Waals surface area contributed by atoms with E-state index in [1.54, 1.807) is 0 Å². The lowest BCUT2D eigenvalue weighted by Gasteiger charge is -2.20. The summed E-state index contributed by atoms with van der Waals surface area (Å²) >= 11 is 0. The quantitative estimate of drug-likeness (QED) is 0.691. The molecule has 0 aromatic heterocycles. The fraction of sp³-hybridized carbons (Fsp3) is 0.786. The van der Waals surface area contributed by atoms with Crippen LogP contribution in [-0.4, -0.2) is 50.1 Å². The van der Waals surface area contributed by atoms with Gasteiger partial charge in [-0.25, -0.2) is 0 Å². The van der Waals surface area contributed by atoms with Gasteiger partial charge in [-0.15, -0.1) is 0 Å². The van der Waals surface area contributed by atoms with Crippen molar-refractivity contribution in [2.45, 2.75) is 25.7 Å². The standard InChI is InChI=1S/C14H21NO5/c1-19-11(16)7-15(8-12(17)20-2)14(18)13-9-5-3-4-6-10(9)13/h9-10,13H,3-8H2,1-2H3. The molecule has 2 saturated carbocycles. The number of nitrogens with zero attached hydrogens (tertiary/aromatic N) is 1. The van der Waals surface area contributed by atoms with Crippen LogP contribution in [0.5, 0.6) is 0 Å². The first-order chi connectivity index (χ1) is 9.58. The van der Waals surface area contributed by atoms with Crippen molar-refractivity contribution in [3.8, 4) is 0 Å². The van der Waals surface area contributed by atoms with E-state index in [-0.39, 0.29) is 24.9 Å². The highest BCUT2D eigenvalue weighted by atomic mass is 16.5. The Bertz CT molecular complexity index is 378. The number of fused-ring (bicyclic) bond motifs is 1.